The zero-order valence-electron chi connectivity index (χ0n) is 9.73. The third-order valence-electron chi connectivity index (χ3n) is 3.20. The molecule has 1 rings (SSSR count). The zero-order chi connectivity index (χ0) is 10.4. The van der Waals surface area contributed by atoms with Gasteiger partial charge in [0.1, 0.15) is 0 Å². The highest BCUT2D eigenvalue weighted by molar-refractivity contribution is 4.80. The lowest BCUT2D eigenvalue weighted by molar-refractivity contribution is 0.0240. The first-order valence-electron chi connectivity index (χ1n) is 5.62. The molecule has 84 valence electrons. The molecule has 0 radical (unpaired) electrons. The number of nitrogens with one attached hydrogen (secondary N) is 2. The molecular weight excluding hydrogens is 176 g/mol. The predicted molar refractivity (Wildman–Crippen MR) is 59.6 cm³/mol. The van der Waals surface area contributed by atoms with Crippen LogP contribution in [0.2, 0.25) is 0 Å². The van der Waals surface area contributed by atoms with Crippen molar-refractivity contribution in [2.75, 3.05) is 33.4 Å². The Morgan fingerprint density at radius 3 is 2.57 bits per heavy atom. The standard InChI is InChI=1S/C11H24N2O/c1-10(12-3)8-13-9-11(2)4-6-14-7-5-11/h10,12-13H,4-9H2,1-3H3. The van der Waals surface area contributed by atoms with Gasteiger partial charge in [-0.25, -0.2) is 0 Å². The van der Waals surface area contributed by atoms with Crippen molar-refractivity contribution in [3.05, 3.63) is 0 Å². The molecule has 3 heteroatoms. The third-order valence-corrected chi connectivity index (χ3v) is 3.20. The Morgan fingerprint density at radius 2 is 2.00 bits per heavy atom. The molecule has 1 fully saturated rings. The average Bonchev–Trinajstić information content (AvgIpc) is 2.18. The minimum absolute atomic E-state index is 0.450. The fourth-order valence-electron chi connectivity index (χ4n) is 1.73. The van der Waals surface area contributed by atoms with Gasteiger partial charge in [-0.15, -0.1) is 0 Å². The van der Waals surface area contributed by atoms with Gasteiger partial charge < -0.3 is 15.4 Å². The summed E-state index contributed by atoms with van der Waals surface area (Å²) in [4.78, 5) is 0. The first-order valence-corrected chi connectivity index (χ1v) is 5.62. The van der Waals surface area contributed by atoms with Crippen LogP contribution in [0.25, 0.3) is 0 Å². The summed E-state index contributed by atoms with van der Waals surface area (Å²) in [7, 11) is 2.00. The molecule has 3 nitrogen and oxygen atoms in total. The molecule has 2 N–H and O–H groups in total. The summed E-state index contributed by atoms with van der Waals surface area (Å²) in [6, 6.07) is 0.554. The van der Waals surface area contributed by atoms with E-state index in [0.29, 0.717) is 11.5 Å². The van der Waals surface area contributed by atoms with Gasteiger partial charge >= 0.3 is 0 Å². The number of hydrogen-bond donors (Lipinski definition) is 2. The molecular formula is C11H24N2O. The van der Waals surface area contributed by atoms with E-state index < -0.39 is 0 Å². The Morgan fingerprint density at radius 1 is 1.36 bits per heavy atom. The summed E-state index contributed by atoms with van der Waals surface area (Å²) < 4.78 is 5.37. The summed E-state index contributed by atoms with van der Waals surface area (Å²) in [6.45, 7) is 8.57. The number of rotatable bonds is 5. The molecule has 1 aliphatic rings. The molecule has 1 unspecified atom stereocenters. The van der Waals surface area contributed by atoms with Gasteiger partial charge in [0.25, 0.3) is 0 Å². The fourth-order valence-corrected chi connectivity index (χ4v) is 1.73. The maximum absolute atomic E-state index is 5.37. The first-order chi connectivity index (χ1) is 6.66. The van der Waals surface area contributed by atoms with Crippen LogP contribution in [0.5, 0.6) is 0 Å². The van der Waals surface area contributed by atoms with Crippen molar-refractivity contribution < 1.29 is 4.74 Å². The van der Waals surface area contributed by atoms with Crippen LogP contribution in [0.15, 0.2) is 0 Å². The number of ether oxygens (including phenoxy) is 1. The molecule has 0 amide bonds. The maximum atomic E-state index is 5.37. The lowest BCUT2D eigenvalue weighted by Gasteiger charge is -2.34. The molecule has 0 saturated carbocycles. The van der Waals surface area contributed by atoms with Gasteiger partial charge in [0.15, 0.2) is 0 Å². The quantitative estimate of drug-likeness (QED) is 0.694. The van der Waals surface area contributed by atoms with Crippen LogP contribution >= 0.6 is 0 Å². The van der Waals surface area contributed by atoms with E-state index in [4.69, 9.17) is 4.74 Å². The number of hydrogen-bond acceptors (Lipinski definition) is 3. The second kappa shape index (κ2) is 5.69. The second-order valence-corrected chi connectivity index (χ2v) is 4.74. The van der Waals surface area contributed by atoms with Crippen molar-refractivity contribution in [1.82, 2.24) is 10.6 Å². The van der Waals surface area contributed by atoms with E-state index in [1.165, 1.54) is 12.8 Å². The Hall–Kier alpha value is -0.120. The Balaban J connectivity index is 2.15. The van der Waals surface area contributed by atoms with Gasteiger partial charge in [0.05, 0.1) is 0 Å². The van der Waals surface area contributed by atoms with Crippen molar-refractivity contribution in [2.45, 2.75) is 32.7 Å². The molecule has 0 aliphatic carbocycles. The average molecular weight is 200 g/mol. The van der Waals surface area contributed by atoms with Gasteiger partial charge in [-0.05, 0) is 32.2 Å². The summed E-state index contributed by atoms with van der Waals surface area (Å²) in [5.41, 5.74) is 0.450. The topological polar surface area (TPSA) is 33.3 Å². The van der Waals surface area contributed by atoms with E-state index in [1.54, 1.807) is 0 Å². The molecule has 0 aromatic rings. The van der Waals surface area contributed by atoms with Crippen molar-refractivity contribution >= 4 is 0 Å². The molecule has 0 spiro atoms. The smallest absolute Gasteiger partial charge is 0.0471 e. The Kier molecular flexibility index (Phi) is 4.85. The second-order valence-electron chi connectivity index (χ2n) is 4.74. The van der Waals surface area contributed by atoms with E-state index in [2.05, 4.69) is 24.5 Å². The Labute approximate surface area is 87.6 Å². The van der Waals surface area contributed by atoms with Gasteiger partial charge in [-0.2, -0.15) is 0 Å². The third kappa shape index (κ3) is 3.95. The van der Waals surface area contributed by atoms with Crippen molar-refractivity contribution in [2.24, 2.45) is 5.41 Å². The van der Waals surface area contributed by atoms with Crippen molar-refractivity contribution in [1.29, 1.82) is 0 Å². The summed E-state index contributed by atoms with van der Waals surface area (Å²) in [6.07, 6.45) is 2.38. The van der Waals surface area contributed by atoms with Crippen LogP contribution in [-0.4, -0.2) is 39.4 Å². The predicted octanol–water partition coefficient (Wildman–Crippen LogP) is 1.00. The van der Waals surface area contributed by atoms with Crippen molar-refractivity contribution in [3.63, 3.8) is 0 Å². The fraction of sp³-hybridized carbons (Fsp3) is 1.00. The normalized spacial score (nSPS) is 23.4. The molecule has 1 atom stereocenters. The summed E-state index contributed by atoms with van der Waals surface area (Å²) >= 11 is 0. The van der Waals surface area contributed by atoms with Crippen LogP contribution in [-0.2, 0) is 4.74 Å². The van der Waals surface area contributed by atoms with Crippen LogP contribution in [0, 0.1) is 5.41 Å². The van der Waals surface area contributed by atoms with Gasteiger partial charge in [-0.1, -0.05) is 6.92 Å². The minimum Gasteiger partial charge on any atom is -0.381 e. The number of likely N-dealkylation sites (N-methyl/N-ethyl adjacent to an activating group) is 1. The minimum atomic E-state index is 0.450. The first kappa shape index (κ1) is 12.0. The molecule has 1 heterocycles. The van der Waals surface area contributed by atoms with E-state index >= 15 is 0 Å². The summed E-state index contributed by atoms with van der Waals surface area (Å²) in [5, 5.41) is 6.76. The van der Waals surface area contributed by atoms with Crippen LogP contribution in [0.1, 0.15) is 26.7 Å². The highest BCUT2D eigenvalue weighted by Gasteiger charge is 2.26. The Bertz CT molecular complexity index is 155. The van der Waals surface area contributed by atoms with E-state index in [9.17, 15) is 0 Å². The molecule has 1 aliphatic heterocycles. The van der Waals surface area contributed by atoms with Gasteiger partial charge in [0.2, 0.25) is 0 Å². The van der Waals surface area contributed by atoms with Gasteiger partial charge in [0, 0.05) is 32.3 Å². The lowest BCUT2D eigenvalue weighted by atomic mass is 9.82. The van der Waals surface area contributed by atoms with Crippen LogP contribution in [0.4, 0.5) is 0 Å². The highest BCUT2D eigenvalue weighted by Crippen LogP contribution is 2.28. The molecule has 0 aromatic heterocycles. The van der Waals surface area contributed by atoms with E-state index in [-0.39, 0.29) is 0 Å². The van der Waals surface area contributed by atoms with Crippen LogP contribution in [0.3, 0.4) is 0 Å². The SMILES string of the molecule is CNC(C)CNCC1(C)CCOCC1. The molecule has 1 saturated heterocycles. The largest absolute Gasteiger partial charge is 0.381 e. The zero-order valence-corrected chi connectivity index (χ0v) is 9.73. The van der Waals surface area contributed by atoms with E-state index in [0.717, 1.165) is 26.3 Å². The van der Waals surface area contributed by atoms with Crippen molar-refractivity contribution in [3.8, 4) is 0 Å². The highest BCUT2D eigenvalue weighted by atomic mass is 16.5. The molecule has 14 heavy (non-hydrogen) atoms. The molecule has 0 aromatic carbocycles. The summed E-state index contributed by atoms with van der Waals surface area (Å²) in [5.74, 6) is 0. The lowest BCUT2D eigenvalue weighted by Crippen LogP contribution is -2.41. The van der Waals surface area contributed by atoms with E-state index in [1.807, 2.05) is 7.05 Å². The molecule has 0 bridgehead atoms. The van der Waals surface area contributed by atoms with Crippen LogP contribution < -0.4 is 10.6 Å². The monoisotopic (exact) mass is 200 g/mol. The van der Waals surface area contributed by atoms with Gasteiger partial charge in [-0.3, -0.25) is 0 Å². The maximum Gasteiger partial charge on any atom is 0.0471 e.